The second kappa shape index (κ2) is 5.97. The predicted octanol–water partition coefficient (Wildman–Crippen LogP) is 3.33. The molecule has 2 N–H and O–H groups in total. The molecule has 0 aliphatic rings. The Bertz CT molecular complexity index is 427. The van der Waals surface area contributed by atoms with Crippen LogP contribution < -0.4 is 5.32 Å². The second-order valence-corrected chi connectivity index (χ2v) is 5.03. The number of ether oxygens (including phenoxy) is 1. The van der Waals surface area contributed by atoms with E-state index in [1.165, 1.54) is 24.3 Å². The van der Waals surface area contributed by atoms with Crippen molar-refractivity contribution in [3.63, 3.8) is 0 Å². The number of alkyl halides is 2. The lowest BCUT2D eigenvalue weighted by Crippen LogP contribution is -2.27. The number of amides is 1. The molecule has 6 heteroatoms. The lowest BCUT2D eigenvalue weighted by molar-refractivity contribution is -0.00577. The number of anilines is 1. The Kier molecular flexibility index (Phi) is 4.83. The number of hydrogen-bond acceptors (Lipinski definition) is 3. The zero-order chi connectivity index (χ0) is 14.6. The number of carbonyl (C=O) groups is 1. The van der Waals surface area contributed by atoms with Crippen LogP contribution in [0.4, 0.5) is 19.3 Å². The maximum atomic E-state index is 12.3. The Balaban J connectivity index is 2.65. The molecule has 0 radical (unpaired) electrons. The first-order valence-electron chi connectivity index (χ1n) is 5.75. The molecule has 1 aromatic rings. The number of nitrogens with one attached hydrogen (secondary N) is 1. The number of rotatable bonds is 3. The third-order valence-electron chi connectivity index (χ3n) is 2.14. The first-order chi connectivity index (χ1) is 8.69. The van der Waals surface area contributed by atoms with Gasteiger partial charge in [0.1, 0.15) is 11.7 Å². The van der Waals surface area contributed by atoms with Gasteiger partial charge in [0.25, 0.3) is 6.43 Å². The van der Waals surface area contributed by atoms with Gasteiger partial charge in [-0.15, -0.1) is 0 Å². The van der Waals surface area contributed by atoms with Crippen molar-refractivity contribution in [2.45, 2.75) is 38.9 Å². The topological polar surface area (TPSA) is 58.6 Å². The Labute approximate surface area is 110 Å². The maximum Gasteiger partial charge on any atom is 0.412 e. The van der Waals surface area contributed by atoms with Crippen LogP contribution in [0.2, 0.25) is 0 Å². The van der Waals surface area contributed by atoms with Crippen LogP contribution in [0, 0.1) is 0 Å². The van der Waals surface area contributed by atoms with Crippen LogP contribution in [0.15, 0.2) is 24.3 Å². The largest absolute Gasteiger partial charge is 0.444 e. The van der Waals surface area contributed by atoms with E-state index in [1.54, 1.807) is 20.8 Å². The molecule has 0 spiro atoms. The highest BCUT2D eigenvalue weighted by Crippen LogP contribution is 2.22. The minimum absolute atomic E-state index is 0.0877. The summed E-state index contributed by atoms with van der Waals surface area (Å²) < 4.78 is 29.6. The fourth-order valence-corrected chi connectivity index (χ4v) is 1.33. The summed E-state index contributed by atoms with van der Waals surface area (Å²) in [6.07, 6.45) is -5.30. The van der Waals surface area contributed by atoms with Gasteiger partial charge in [-0.3, -0.25) is 5.32 Å². The van der Waals surface area contributed by atoms with Crippen LogP contribution in [0.1, 0.15) is 32.4 Å². The normalized spacial score (nSPS) is 13.2. The van der Waals surface area contributed by atoms with Crippen LogP contribution in [0.25, 0.3) is 0 Å². The maximum absolute atomic E-state index is 12.3. The molecule has 0 saturated carbocycles. The van der Waals surface area contributed by atoms with E-state index in [9.17, 15) is 13.6 Å². The summed E-state index contributed by atoms with van der Waals surface area (Å²) in [5.41, 5.74) is -0.125. The molecule has 1 rings (SSSR count). The Hall–Kier alpha value is -1.69. The number of aliphatic hydroxyl groups is 1. The SMILES string of the molecule is CC(C)(C)OC(=O)Nc1ccc(C(O)C(F)F)cc1. The molecule has 0 aliphatic heterocycles. The molecule has 1 unspecified atom stereocenters. The Morgan fingerprint density at radius 3 is 2.21 bits per heavy atom. The van der Waals surface area contributed by atoms with E-state index in [1.807, 2.05) is 0 Å². The van der Waals surface area contributed by atoms with Crippen molar-refractivity contribution >= 4 is 11.8 Å². The minimum Gasteiger partial charge on any atom is -0.444 e. The molecular formula is C13H17F2NO3. The van der Waals surface area contributed by atoms with Crippen molar-refractivity contribution < 1.29 is 23.4 Å². The van der Waals surface area contributed by atoms with Gasteiger partial charge >= 0.3 is 6.09 Å². The van der Waals surface area contributed by atoms with Gasteiger partial charge in [-0.25, -0.2) is 13.6 Å². The first-order valence-corrected chi connectivity index (χ1v) is 5.75. The smallest absolute Gasteiger partial charge is 0.412 e. The fourth-order valence-electron chi connectivity index (χ4n) is 1.33. The molecule has 0 saturated heterocycles. The summed E-state index contributed by atoms with van der Waals surface area (Å²) in [6.45, 7) is 5.19. The molecule has 1 aromatic carbocycles. The molecule has 1 atom stereocenters. The van der Waals surface area contributed by atoms with Crippen LogP contribution in [-0.4, -0.2) is 23.2 Å². The monoisotopic (exact) mass is 273 g/mol. The number of halogens is 2. The standard InChI is InChI=1S/C13H17F2NO3/c1-13(2,3)19-12(18)16-9-6-4-8(5-7-9)10(17)11(14)15/h4-7,10-11,17H,1-3H3,(H,16,18). The lowest BCUT2D eigenvalue weighted by Gasteiger charge is -2.19. The first kappa shape index (κ1) is 15.4. The van der Waals surface area contributed by atoms with Crippen molar-refractivity contribution in [2.75, 3.05) is 5.32 Å². The second-order valence-electron chi connectivity index (χ2n) is 5.03. The summed E-state index contributed by atoms with van der Waals surface area (Å²) >= 11 is 0. The number of hydrogen-bond donors (Lipinski definition) is 2. The van der Waals surface area contributed by atoms with E-state index in [0.717, 1.165) is 0 Å². The van der Waals surface area contributed by atoms with Gasteiger partial charge in [0, 0.05) is 5.69 Å². The highest BCUT2D eigenvalue weighted by molar-refractivity contribution is 5.84. The summed E-state index contributed by atoms with van der Waals surface area (Å²) in [6, 6.07) is 5.49. The van der Waals surface area contributed by atoms with E-state index in [0.29, 0.717) is 5.69 Å². The van der Waals surface area contributed by atoms with Crippen molar-refractivity contribution in [3.05, 3.63) is 29.8 Å². The van der Waals surface area contributed by atoms with Gasteiger partial charge in [0.15, 0.2) is 0 Å². The zero-order valence-electron chi connectivity index (χ0n) is 11.0. The van der Waals surface area contributed by atoms with Crippen LogP contribution >= 0.6 is 0 Å². The molecule has 4 nitrogen and oxygen atoms in total. The van der Waals surface area contributed by atoms with Crippen molar-refractivity contribution in [1.29, 1.82) is 0 Å². The zero-order valence-corrected chi connectivity index (χ0v) is 11.0. The summed E-state index contributed by atoms with van der Waals surface area (Å²) in [4.78, 5) is 11.5. The van der Waals surface area contributed by atoms with Gasteiger partial charge in [-0.05, 0) is 38.5 Å². The van der Waals surface area contributed by atoms with Crippen molar-refractivity contribution in [3.8, 4) is 0 Å². The molecule has 0 aliphatic carbocycles. The van der Waals surface area contributed by atoms with Crippen LogP contribution in [-0.2, 0) is 4.74 Å². The van der Waals surface area contributed by atoms with Crippen LogP contribution in [0.5, 0.6) is 0 Å². The van der Waals surface area contributed by atoms with Gasteiger partial charge in [-0.1, -0.05) is 12.1 Å². The molecular weight excluding hydrogens is 256 g/mol. The lowest BCUT2D eigenvalue weighted by atomic mass is 10.1. The molecule has 1 amide bonds. The number of carbonyl (C=O) groups excluding carboxylic acids is 1. The van der Waals surface area contributed by atoms with Crippen molar-refractivity contribution in [2.24, 2.45) is 0 Å². The van der Waals surface area contributed by atoms with Gasteiger partial charge in [0.2, 0.25) is 0 Å². The van der Waals surface area contributed by atoms with Gasteiger partial charge in [0.05, 0.1) is 0 Å². The summed E-state index contributed by atoms with van der Waals surface area (Å²) in [5, 5.41) is 11.6. The van der Waals surface area contributed by atoms with Gasteiger partial charge < -0.3 is 9.84 Å². The average Bonchev–Trinajstić information content (AvgIpc) is 2.26. The fraction of sp³-hybridized carbons (Fsp3) is 0.462. The quantitative estimate of drug-likeness (QED) is 0.888. The molecule has 0 heterocycles. The van der Waals surface area contributed by atoms with E-state index in [-0.39, 0.29) is 5.56 Å². The van der Waals surface area contributed by atoms with Gasteiger partial charge in [-0.2, -0.15) is 0 Å². The van der Waals surface area contributed by atoms with E-state index in [2.05, 4.69) is 5.32 Å². The van der Waals surface area contributed by atoms with Crippen molar-refractivity contribution in [1.82, 2.24) is 0 Å². The molecule has 106 valence electrons. The average molecular weight is 273 g/mol. The molecule has 0 aromatic heterocycles. The molecule has 0 bridgehead atoms. The summed E-state index contributed by atoms with van der Waals surface area (Å²) in [7, 11) is 0. The third-order valence-corrected chi connectivity index (χ3v) is 2.14. The number of aliphatic hydroxyl groups excluding tert-OH is 1. The van der Waals surface area contributed by atoms with Crippen LogP contribution in [0.3, 0.4) is 0 Å². The third kappa shape index (κ3) is 5.21. The highest BCUT2D eigenvalue weighted by Gasteiger charge is 2.19. The Morgan fingerprint density at radius 2 is 1.79 bits per heavy atom. The van der Waals surface area contributed by atoms with E-state index < -0.39 is 24.2 Å². The summed E-state index contributed by atoms with van der Waals surface area (Å²) in [5.74, 6) is 0. The molecule has 19 heavy (non-hydrogen) atoms. The van der Waals surface area contributed by atoms with E-state index >= 15 is 0 Å². The van der Waals surface area contributed by atoms with E-state index in [4.69, 9.17) is 9.84 Å². The number of benzene rings is 1. The minimum atomic E-state index is -2.84. The predicted molar refractivity (Wildman–Crippen MR) is 67.3 cm³/mol. The Morgan fingerprint density at radius 1 is 1.26 bits per heavy atom. The highest BCUT2D eigenvalue weighted by atomic mass is 19.3. The molecule has 0 fully saturated rings.